The Balaban J connectivity index is 0.00000242. The molecule has 6 nitrogen and oxygen atoms in total. The smallest absolute Gasteiger partial charge is 0.248 e. The molecule has 1 aromatic carbocycles. The zero-order valence-corrected chi connectivity index (χ0v) is 15.5. The molecule has 9 heteroatoms. The van der Waals surface area contributed by atoms with Gasteiger partial charge in [0.2, 0.25) is 15.9 Å². The Morgan fingerprint density at radius 1 is 1.36 bits per heavy atom. The second-order valence-electron chi connectivity index (χ2n) is 5.14. The number of nitrogens with one attached hydrogen (secondary N) is 1. The van der Waals surface area contributed by atoms with Gasteiger partial charge >= 0.3 is 0 Å². The van der Waals surface area contributed by atoms with E-state index in [1.165, 1.54) is 22.5 Å². The van der Waals surface area contributed by atoms with Gasteiger partial charge < -0.3 is 11.1 Å². The number of nitrogens with two attached hydrogens (primary N) is 1. The van der Waals surface area contributed by atoms with Crippen LogP contribution in [0.15, 0.2) is 27.6 Å². The number of carbonyl (C=O) groups is 1. The van der Waals surface area contributed by atoms with Gasteiger partial charge in [-0.15, -0.1) is 12.4 Å². The van der Waals surface area contributed by atoms with E-state index in [1.54, 1.807) is 0 Å². The third-order valence-electron chi connectivity index (χ3n) is 3.74. The number of halogens is 2. The number of sulfonamides is 1. The summed E-state index contributed by atoms with van der Waals surface area (Å²) < 4.78 is 27.6. The van der Waals surface area contributed by atoms with Crippen molar-refractivity contribution in [3.63, 3.8) is 0 Å². The van der Waals surface area contributed by atoms with Crippen molar-refractivity contribution < 1.29 is 13.2 Å². The number of primary amides is 1. The van der Waals surface area contributed by atoms with Crippen LogP contribution in [0.4, 0.5) is 0 Å². The normalized spacial score (nSPS) is 22.9. The number of hydrogen-bond acceptors (Lipinski definition) is 4. The molecule has 1 heterocycles. The van der Waals surface area contributed by atoms with Gasteiger partial charge in [0.1, 0.15) is 0 Å². The lowest BCUT2D eigenvalue weighted by Crippen LogP contribution is -2.57. The second kappa shape index (κ2) is 7.27. The molecule has 0 spiro atoms. The van der Waals surface area contributed by atoms with Crippen LogP contribution in [-0.4, -0.2) is 43.8 Å². The molecule has 2 rings (SSSR count). The summed E-state index contributed by atoms with van der Waals surface area (Å²) in [5, 5.41) is 3.24. The van der Waals surface area contributed by atoms with E-state index in [9.17, 15) is 13.2 Å². The average Bonchev–Trinajstić information content (AvgIpc) is 2.40. The lowest BCUT2D eigenvalue weighted by Gasteiger charge is -2.37. The number of hydrogen-bond donors (Lipinski definition) is 2. The summed E-state index contributed by atoms with van der Waals surface area (Å²) in [6, 6.07) is 4.21. The topological polar surface area (TPSA) is 92.5 Å². The fourth-order valence-electron chi connectivity index (χ4n) is 2.35. The molecule has 2 unspecified atom stereocenters. The molecular formula is C13H19BrClN3O3S. The van der Waals surface area contributed by atoms with Gasteiger partial charge in [-0.1, -0.05) is 15.9 Å². The van der Waals surface area contributed by atoms with Crippen molar-refractivity contribution in [2.75, 3.05) is 13.1 Å². The van der Waals surface area contributed by atoms with Crippen LogP contribution in [0.2, 0.25) is 0 Å². The first-order valence-corrected chi connectivity index (χ1v) is 8.82. The van der Waals surface area contributed by atoms with E-state index >= 15 is 0 Å². The molecular weight excluding hydrogens is 394 g/mol. The van der Waals surface area contributed by atoms with Crippen LogP contribution in [0.5, 0.6) is 0 Å². The molecule has 1 aliphatic rings. The Labute approximate surface area is 145 Å². The molecule has 0 saturated carbocycles. The number of nitrogens with zero attached hydrogens (tertiary/aromatic N) is 1. The lowest BCUT2D eigenvalue weighted by atomic mass is 10.1. The minimum absolute atomic E-state index is 0. The van der Waals surface area contributed by atoms with E-state index in [1.807, 2.05) is 13.8 Å². The number of piperazine rings is 1. The summed E-state index contributed by atoms with van der Waals surface area (Å²) in [6.45, 7) is 4.80. The lowest BCUT2D eigenvalue weighted by molar-refractivity contribution is 0.1000. The van der Waals surface area contributed by atoms with Crippen molar-refractivity contribution in [2.45, 2.75) is 30.8 Å². The molecule has 1 aliphatic heterocycles. The highest BCUT2D eigenvalue weighted by molar-refractivity contribution is 9.10. The fraction of sp³-hybridized carbons (Fsp3) is 0.462. The molecule has 22 heavy (non-hydrogen) atoms. The van der Waals surface area contributed by atoms with E-state index in [0.29, 0.717) is 17.6 Å². The van der Waals surface area contributed by atoms with E-state index in [-0.39, 0.29) is 34.9 Å². The standard InChI is InChI=1S/C13H18BrN3O3S.ClH/c1-8-9(2)17(4-3-16-8)21(19,20)12-6-10(13(15)18)5-11(14)7-12;/h5-9,16H,3-4H2,1-2H3,(H2,15,18);1H. The Morgan fingerprint density at radius 3 is 2.59 bits per heavy atom. The molecule has 0 aromatic heterocycles. The molecule has 1 aromatic rings. The highest BCUT2D eigenvalue weighted by Crippen LogP contribution is 2.25. The third kappa shape index (κ3) is 3.80. The Morgan fingerprint density at radius 2 is 2.00 bits per heavy atom. The summed E-state index contributed by atoms with van der Waals surface area (Å²) in [5.41, 5.74) is 5.41. The second-order valence-corrected chi connectivity index (χ2v) is 7.95. The zero-order chi connectivity index (χ0) is 15.8. The van der Waals surface area contributed by atoms with Gasteiger partial charge in [-0.2, -0.15) is 4.31 Å². The molecule has 1 amide bonds. The van der Waals surface area contributed by atoms with Crippen molar-refractivity contribution in [3.05, 3.63) is 28.2 Å². The summed E-state index contributed by atoms with van der Waals surface area (Å²) in [5.74, 6) is -0.658. The van der Waals surface area contributed by atoms with Gasteiger partial charge in [-0.25, -0.2) is 8.42 Å². The van der Waals surface area contributed by atoms with Gasteiger partial charge in [0.15, 0.2) is 0 Å². The van der Waals surface area contributed by atoms with E-state index in [2.05, 4.69) is 21.2 Å². The van der Waals surface area contributed by atoms with E-state index in [4.69, 9.17) is 5.73 Å². The van der Waals surface area contributed by atoms with Crippen molar-refractivity contribution in [1.29, 1.82) is 0 Å². The van der Waals surface area contributed by atoms with Crippen molar-refractivity contribution in [3.8, 4) is 0 Å². The van der Waals surface area contributed by atoms with E-state index in [0.717, 1.165) is 0 Å². The highest BCUT2D eigenvalue weighted by atomic mass is 79.9. The molecule has 1 fully saturated rings. The van der Waals surface area contributed by atoms with Crippen LogP contribution >= 0.6 is 28.3 Å². The van der Waals surface area contributed by atoms with Crippen molar-refractivity contribution in [2.24, 2.45) is 5.73 Å². The Bertz CT molecular complexity index is 668. The maximum atomic E-state index is 12.8. The number of carbonyl (C=O) groups excluding carboxylic acids is 1. The van der Waals surface area contributed by atoms with Gasteiger partial charge in [-0.05, 0) is 32.0 Å². The van der Waals surface area contributed by atoms with Gasteiger partial charge in [0.25, 0.3) is 0 Å². The monoisotopic (exact) mass is 411 g/mol. The van der Waals surface area contributed by atoms with Crippen LogP contribution in [0.25, 0.3) is 0 Å². The molecule has 124 valence electrons. The molecule has 2 atom stereocenters. The van der Waals surface area contributed by atoms with Crippen LogP contribution in [0.3, 0.4) is 0 Å². The number of amides is 1. The summed E-state index contributed by atoms with van der Waals surface area (Å²) in [7, 11) is -3.67. The highest BCUT2D eigenvalue weighted by Gasteiger charge is 2.34. The molecule has 0 aliphatic carbocycles. The van der Waals surface area contributed by atoms with Crippen molar-refractivity contribution >= 4 is 44.3 Å². The van der Waals surface area contributed by atoms with Crippen molar-refractivity contribution in [1.82, 2.24) is 9.62 Å². The first kappa shape index (κ1) is 19.4. The van der Waals surface area contributed by atoms with Gasteiger partial charge in [0.05, 0.1) is 4.90 Å². The first-order valence-electron chi connectivity index (χ1n) is 6.59. The number of rotatable bonds is 3. The zero-order valence-electron chi connectivity index (χ0n) is 12.2. The average molecular weight is 413 g/mol. The maximum Gasteiger partial charge on any atom is 0.248 e. The minimum atomic E-state index is -3.67. The van der Waals surface area contributed by atoms with Crippen LogP contribution in [0.1, 0.15) is 24.2 Å². The molecule has 1 saturated heterocycles. The quantitative estimate of drug-likeness (QED) is 0.783. The van der Waals surface area contributed by atoms with Crippen LogP contribution < -0.4 is 11.1 Å². The summed E-state index contributed by atoms with van der Waals surface area (Å²) in [4.78, 5) is 11.4. The largest absolute Gasteiger partial charge is 0.366 e. The molecule has 3 N–H and O–H groups in total. The van der Waals surface area contributed by atoms with Crippen LogP contribution in [-0.2, 0) is 10.0 Å². The van der Waals surface area contributed by atoms with Gasteiger partial charge in [-0.3, -0.25) is 4.79 Å². The Kier molecular flexibility index (Phi) is 6.40. The van der Waals surface area contributed by atoms with Gasteiger partial charge in [0, 0.05) is 35.2 Å². The minimum Gasteiger partial charge on any atom is -0.366 e. The number of benzene rings is 1. The SMILES string of the molecule is CC1NCCN(S(=O)(=O)c2cc(Br)cc(C(N)=O)c2)C1C.Cl. The van der Waals surface area contributed by atoms with E-state index < -0.39 is 15.9 Å². The fourth-order valence-corrected chi connectivity index (χ4v) is 4.77. The first-order chi connectivity index (χ1) is 9.73. The molecule has 0 radical (unpaired) electrons. The maximum absolute atomic E-state index is 12.8. The third-order valence-corrected chi connectivity index (χ3v) is 6.16. The predicted octanol–water partition coefficient (Wildman–Crippen LogP) is 1.34. The summed E-state index contributed by atoms with van der Waals surface area (Å²) >= 11 is 3.22. The Hall–Kier alpha value is -0.670. The van der Waals surface area contributed by atoms with Crippen LogP contribution in [0, 0.1) is 0 Å². The summed E-state index contributed by atoms with van der Waals surface area (Å²) in [6.07, 6.45) is 0. The molecule has 0 bridgehead atoms. The predicted molar refractivity (Wildman–Crippen MR) is 90.7 cm³/mol.